The molecule has 6 nitrogen and oxygen atoms in total. The molecule has 1 saturated heterocycles. The molecule has 0 bridgehead atoms. The number of rotatable bonds is 6. The Morgan fingerprint density at radius 3 is 1.44 bits per heavy atom. The molecule has 0 aromatic heterocycles. The molecule has 2 aromatic carbocycles. The zero-order chi connectivity index (χ0) is 17.9. The van der Waals surface area contributed by atoms with Crippen LogP contribution in [0.2, 0.25) is 0 Å². The summed E-state index contributed by atoms with van der Waals surface area (Å²) in [6.45, 7) is 0. The van der Waals surface area contributed by atoms with Gasteiger partial charge in [0.15, 0.2) is 0 Å². The van der Waals surface area contributed by atoms with Crippen molar-refractivity contribution in [2.75, 3.05) is 11.5 Å². The molecule has 0 amide bonds. The van der Waals surface area contributed by atoms with Crippen molar-refractivity contribution in [2.45, 2.75) is 22.0 Å². The summed E-state index contributed by atoms with van der Waals surface area (Å²) in [5.41, 5.74) is 0. The van der Waals surface area contributed by atoms with Crippen LogP contribution in [0.1, 0.15) is 0 Å². The van der Waals surface area contributed by atoms with E-state index in [1.807, 2.05) is 0 Å². The monoisotopic (exact) mass is 400 g/mol. The fraction of sp³-hybridized carbons (Fsp3) is 0.250. The van der Waals surface area contributed by atoms with Crippen LogP contribution in [0.5, 0.6) is 0 Å². The summed E-state index contributed by atoms with van der Waals surface area (Å²) in [5, 5.41) is 0. The highest BCUT2D eigenvalue weighted by Gasteiger charge is 2.42. The first kappa shape index (κ1) is 18.4. The van der Waals surface area contributed by atoms with Gasteiger partial charge in [0, 0.05) is 9.79 Å². The molecule has 3 rings (SSSR count). The first-order chi connectivity index (χ1) is 11.9. The largest absolute Gasteiger partial charge is 0.400 e. The van der Waals surface area contributed by atoms with E-state index in [2.05, 4.69) is 0 Å². The minimum absolute atomic E-state index is 0.0557. The summed E-state index contributed by atoms with van der Waals surface area (Å²) >= 11 is 0. The molecule has 134 valence electrons. The Labute approximate surface area is 151 Å². The average molecular weight is 400 g/mol. The van der Waals surface area contributed by atoms with Gasteiger partial charge in [0.1, 0.15) is 12.2 Å². The van der Waals surface area contributed by atoms with E-state index in [0.29, 0.717) is 9.79 Å². The van der Waals surface area contributed by atoms with Crippen LogP contribution in [0.3, 0.4) is 0 Å². The van der Waals surface area contributed by atoms with Gasteiger partial charge in [0.05, 0.1) is 33.1 Å². The molecule has 0 saturated carbocycles. The van der Waals surface area contributed by atoms with Gasteiger partial charge >= 0.3 is 10.4 Å². The Morgan fingerprint density at radius 2 is 1.08 bits per heavy atom. The summed E-state index contributed by atoms with van der Waals surface area (Å²) in [6, 6.07) is 17.4. The Bertz CT molecular complexity index is 800. The second kappa shape index (κ2) is 7.88. The van der Waals surface area contributed by atoms with Crippen LogP contribution in [-0.4, -0.2) is 40.5 Å². The molecular formula is C16H16O6S3. The highest BCUT2D eigenvalue weighted by molar-refractivity contribution is 7.86. The molecule has 1 heterocycles. The van der Waals surface area contributed by atoms with Crippen molar-refractivity contribution in [3.8, 4) is 0 Å². The van der Waals surface area contributed by atoms with Gasteiger partial charge in [-0.05, 0) is 24.3 Å². The normalized spacial score (nSPS) is 24.6. The van der Waals surface area contributed by atoms with Crippen molar-refractivity contribution in [3.63, 3.8) is 0 Å². The van der Waals surface area contributed by atoms with Crippen LogP contribution < -0.4 is 0 Å². The summed E-state index contributed by atoms with van der Waals surface area (Å²) in [5.74, 6) is -0.111. The lowest BCUT2D eigenvalue weighted by Crippen LogP contribution is -2.32. The van der Waals surface area contributed by atoms with Crippen LogP contribution in [0.25, 0.3) is 0 Å². The Kier molecular flexibility index (Phi) is 5.80. The van der Waals surface area contributed by atoms with E-state index in [4.69, 9.17) is 8.37 Å². The van der Waals surface area contributed by atoms with Gasteiger partial charge in [-0.3, -0.25) is 8.42 Å². The maximum Gasteiger partial charge on any atom is 0.400 e. The number of benzene rings is 2. The highest BCUT2D eigenvalue weighted by atomic mass is 32.3. The average Bonchev–Trinajstić information content (AvgIpc) is 2.89. The molecule has 1 aliphatic rings. The maximum atomic E-state index is 12.4. The van der Waals surface area contributed by atoms with Gasteiger partial charge in [0.25, 0.3) is 0 Å². The Hall–Kier alpha value is -1.39. The summed E-state index contributed by atoms with van der Waals surface area (Å²) in [4.78, 5) is 1.14. The van der Waals surface area contributed by atoms with Gasteiger partial charge in [-0.15, -0.1) is 0 Å². The third kappa shape index (κ3) is 4.83. The molecular weight excluding hydrogens is 384 g/mol. The zero-order valence-electron chi connectivity index (χ0n) is 13.0. The fourth-order valence-electron chi connectivity index (χ4n) is 2.35. The van der Waals surface area contributed by atoms with Gasteiger partial charge in [-0.25, -0.2) is 8.37 Å². The van der Waals surface area contributed by atoms with Crippen LogP contribution >= 0.6 is 0 Å². The van der Waals surface area contributed by atoms with E-state index in [1.54, 1.807) is 60.7 Å². The van der Waals surface area contributed by atoms with Crippen molar-refractivity contribution in [1.82, 2.24) is 0 Å². The first-order valence-electron chi connectivity index (χ1n) is 7.43. The molecule has 0 spiro atoms. The second-order valence-electron chi connectivity index (χ2n) is 5.33. The van der Waals surface area contributed by atoms with E-state index in [9.17, 15) is 16.8 Å². The minimum Gasteiger partial charge on any atom is -0.254 e. The molecule has 1 aliphatic heterocycles. The van der Waals surface area contributed by atoms with Gasteiger partial charge in [0.2, 0.25) is 0 Å². The summed E-state index contributed by atoms with van der Waals surface area (Å²) < 4.78 is 58.0. The third-order valence-corrected chi connectivity index (χ3v) is 7.37. The lowest BCUT2D eigenvalue weighted by Gasteiger charge is -2.14. The third-order valence-electron chi connectivity index (χ3n) is 3.54. The van der Waals surface area contributed by atoms with Crippen LogP contribution in [0.4, 0.5) is 0 Å². The van der Waals surface area contributed by atoms with E-state index in [0.717, 1.165) is 0 Å². The highest BCUT2D eigenvalue weighted by Crippen LogP contribution is 2.25. The molecule has 4 atom stereocenters. The minimum atomic E-state index is -4.17. The zero-order valence-corrected chi connectivity index (χ0v) is 15.5. The van der Waals surface area contributed by atoms with Crippen molar-refractivity contribution in [2.24, 2.45) is 0 Å². The van der Waals surface area contributed by atoms with Crippen LogP contribution in [0, 0.1) is 0 Å². The van der Waals surface area contributed by atoms with Gasteiger partial charge in [-0.1, -0.05) is 36.4 Å². The van der Waals surface area contributed by atoms with E-state index >= 15 is 0 Å². The van der Waals surface area contributed by atoms with Gasteiger partial charge in [-0.2, -0.15) is 8.42 Å². The van der Waals surface area contributed by atoms with E-state index < -0.39 is 44.2 Å². The van der Waals surface area contributed by atoms with Crippen molar-refractivity contribution < 1.29 is 25.2 Å². The number of hydrogen-bond donors (Lipinski definition) is 0. The Morgan fingerprint density at radius 1 is 0.720 bits per heavy atom. The van der Waals surface area contributed by atoms with Crippen LogP contribution in [0.15, 0.2) is 70.5 Å². The molecule has 4 unspecified atom stereocenters. The fourth-order valence-corrected chi connectivity index (χ4v) is 6.03. The summed E-state index contributed by atoms with van der Waals surface area (Å²) in [6.07, 6.45) is -1.89. The Balaban J connectivity index is 1.73. The van der Waals surface area contributed by atoms with E-state index in [1.165, 1.54) is 0 Å². The number of hydrogen-bond acceptors (Lipinski definition) is 6. The quantitative estimate of drug-likeness (QED) is 0.733. The molecule has 0 aliphatic carbocycles. The molecule has 0 N–H and O–H groups in total. The topological polar surface area (TPSA) is 86.7 Å². The van der Waals surface area contributed by atoms with Crippen LogP contribution in [-0.2, 0) is 40.4 Å². The smallest absolute Gasteiger partial charge is 0.254 e. The lowest BCUT2D eigenvalue weighted by molar-refractivity contribution is 0.193. The predicted molar refractivity (Wildman–Crippen MR) is 94.1 cm³/mol. The first-order valence-corrected chi connectivity index (χ1v) is 11.4. The predicted octanol–water partition coefficient (Wildman–Crippen LogP) is 1.63. The standard InChI is InChI=1S/C16H16O6S3/c17-23(13-7-3-1-4-8-13)11-15-16(22-25(19,20)21-15)12-24(18)14-9-5-2-6-10-14/h1-10,15-16H,11-12H2. The second-order valence-corrected chi connectivity index (χ2v) is 9.52. The molecule has 2 aromatic rings. The van der Waals surface area contributed by atoms with Crippen molar-refractivity contribution in [3.05, 3.63) is 60.7 Å². The molecule has 0 radical (unpaired) electrons. The molecule has 9 heteroatoms. The SMILES string of the molecule is O=S(CC1OS(=O)(=O)OC1CS(=O)c1ccccc1)c1ccccc1. The molecule has 25 heavy (non-hydrogen) atoms. The lowest BCUT2D eigenvalue weighted by atomic mass is 10.3. The van der Waals surface area contributed by atoms with E-state index in [-0.39, 0.29) is 11.5 Å². The van der Waals surface area contributed by atoms with Crippen molar-refractivity contribution >= 4 is 32.0 Å². The van der Waals surface area contributed by atoms with Crippen molar-refractivity contribution in [1.29, 1.82) is 0 Å². The maximum absolute atomic E-state index is 12.4. The summed E-state index contributed by atoms with van der Waals surface area (Å²) in [7, 11) is -7.08. The van der Waals surface area contributed by atoms with Gasteiger partial charge < -0.3 is 0 Å². The molecule has 1 fully saturated rings.